The summed E-state index contributed by atoms with van der Waals surface area (Å²) in [5.41, 5.74) is 3.87. The normalized spacial score (nSPS) is 26.3. The Morgan fingerprint density at radius 3 is 2.62 bits per heavy atom. The van der Waals surface area contributed by atoms with Crippen LogP contribution in [0.15, 0.2) is 4.79 Å². The Morgan fingerprint density at radius 1 is 1.38 bits per heavy atom. The second kappa shape index (κ2) is 7.70. The number of rotatable bonds is 5. The van der Waals surface area contributed by atoms with Gasteiger partial charge in [0.1, 0.15) is 17.7 Å². The Hall–Kier alpha value is -1.96. The van der Waals surface area contributed by atoms with Crippen molar-refractivity contribution in [2.75, 3.05) is 5.73 Å². The fourth-order valence-electron chi connectivity index (χ4n) is 3.24. The third-order valence-corrected chi connectivity index (χ3v) is 4.94. The maximum atomic E-state index is 14.5. The Bertz CT molecular complexity index is 965. The van der Waals surface area contributed by atoms with Crippen LogP contribution in [0.4, 0.5) is 23.5 Å². The molecule has 0 radical (unpaired) electrons. The first-order valence-electron chi connectivity index (χ1n) is 8.62. The van der Waals surface area contributed by atoms with Crippen LogP contribution in [0.2, 0.25) is 5.15 Å². The molecule has 1 unspecified atom stereocenters. The summed E-state index contributed by atoms with van der Waals surface area (Å²) in [4.78, 5) is 20.3. The highest BCUT2D eigenvalue weighted by Gasteiger charge is 2.49. The smallest absolute Gasteiger partial charge is 0.390 e. The van der Waals surface area contributed by atoms with Crippen molar-refractivity contribution in [2.24, 2.45) is 0 Å². The molecule has 2 aromatic rings. The van der Waals surface area contributed by atoms with Gasteiger partial charge >= 0.3 is 11.9 Å². The fourth-order valence-corrected chi connectivity index (χ4v) is 3.51. The molecular weight excluding hydrogens is 426 g/mol. The molecule has 2 aromatic heterocycles. The Balaban J connectivity index is 2.15. The van der Waals surface area contributed by atoms with Gasteiger partial charge in [-0.25, -0.2) is 13.8 Å². The van der Waals surface area contributed by atoms with Crippen LogP contribution in [0.3, 0.4) is 0 Å². The molecule has 0 spiro atoms. The van der Waals surface area contributed by atoms with Crippen molar-refractivity contribution in [3.63, 3.8) is 0 Å². The van der Waals surface area contributed by atoms with Gasteiger partial charge in [-0.2, -0.15) is 23.1 Å². The molecule has 5 atom stereocenters. The fraction of sp³-hybridized carbons (Fsp3) is 0.667. The van der Waals surface area contributed by atoms with E-state index in [-0.39, 0.29) is 22.7 Å². The highest BCUT2D eigenvalue weighted by atomic mass is 35.5. The van der Waals surface area contributed by atoms with E-state index in [1.807, 2.05) is 0 Å². The molecule has 4 N–H and O–H groups in total. The average molecular weight is 444 g/mol. The van der Waals surface area contributed by atoms with Gasteiger partial charge in [0.25, 0.3) is 0 Å². The number of halogens is 5. The van der Waals surface area contributed by atoms with Crippen LogP contribution in [-0.2, 0) is 11.3 Å². The zero-order chi connectivity index (χ0) is 21.7. The molecule has 3 rings (SSSR count). The van der Waals surface area contributed by atoms with Gasteiger partial charge in [0.05, 0.1) is 12.5 Å². The van der Waals surface area contributed by atoms with Crippen molar-refractivity contribution in [2.45, 2.75) is 63.2 Å². The minimum Gasteiger partial charge on any atom is -0.390 e. The van der Waals surface area contributed by atoms with E-state index in [4.69, 9.17) is 22.1 Å². The van der Waals surface area contributed by atoms with Crippen LogP contribution in [0.5, 0.6) is 0 Å². The van der Waals surface area contributed by atoms with Gasteiger partial charge in [0.2, 0.25) is 5.95 Å². The number of fused-ring (bicyclic) bond motifs is 1. The number of nitrogens with two attached hydrogens (primary N) is 1. The number of anilines is 1. The van der Waals surface area contributed by atoms with Gasteiger partial charge in [-0.3, -0.25) is 4.57 Å². The molecule has 0 bridgehead atoms. The van der Waals surface area contributed by atoms with E-state index in [0.29, 0.717) is 9.13 Å². The molecule has 1 aliphatic rings. The summed E-state index contributed by atoms with van der Waals surface area (Å²) in [7, 11) is 0. The largest absolute Gasteiger partial charge is 0.390 e. The van der Waals surface area contributed by atoms with Crippen molar-refractivity contribution < 1.29 is 32.5 Å². The monoisotopic (exact) mass is 443 g/mol. The van der Waals surface area contributed by atoms with Gasteiger partial charge in [0, 0.05) is 6.54 Å². The molecule has 162 valence electrons. The topological polar surface area (TPSA) is 128 Å². The Labute approximate surface area is 165 Å². The molecule has 9 nitrogen and oxygen atoms in total. The van der Waals surface area contributed by atoms with E-state index < -0.39 is 61.5 Å². The van der Waals surface area contributed by atoms with Crippen LogP contribution < -0.4 is 11.4 Å². The first kappa shape index (κ1) is 21.7. The number of aromatic nitrogens is 4. The van der Waals surface area contributed by atoms with E-state index in [2.05, 4.69) is 9.97 Å². The molecular formula is C15H18ClF4N5O4. The predicted molar refractivity (Wildman–Crippen MR) is 93.0 cm³/mol. The third-order valence-electron chi connectivity index (χ3n) is 4.68. The molecule has 0 aromatic carbocycles. The lowest BCUT2D eigenvalue weighted by Crippen LogP contribution is -2.36. The summed E-state index contributed by atoms with van der Waals surface area (Å²) in [6, 6.07) is 0. The number of aliphatic hydroxyl groups excluding tert-OH is 2. The van der Waals surface area contributed by atoms with E-state index in [1.54, 1.807) is 6.92 Å². The average Bonchev–Trinajstić information content (AvgIpc) is 3.06. The quantitative estimate of drug-likeness (QED) is 0.467. The number of hydrogen-bond donors (Lipinski definition) is 3. The van der Waals surface area contributed by atoms with Crippen molar-refractivity contribution in [3.05, 3.63) is 15.6 Å². The second-order valence-electron chi connectivity index (χ2n) is 6.62. The molecule has 0 saturated carbocycles. The summed E-state index contributed by atoms with van der Waals surface area (Å²) >= 11 is 5.97. The molecule has 29 heavy (non-hydrogen) atoms. The standard InChI is InChI=1S/C15H18ClF4N5O4/c1-2-5(26)9-6(17)8(27)12(29-9)25-11-7(10(16)22-13(21)23-11)24(14(25)28)4-3-15(18,19)20/h5-6,8-9,12,26-27H,2-4H2,1H3,(H2,21,22,23)/t5?,6-,8-,9-,12-/m1/s1. The van der Waals surface area contributed by atoms with Gasteiger partial charge in [-0.05, 0) is 6.42 Å². The number of ether oxygens (including phenoxy) is 1. The number of aryl methyl sites for hydroxylation is 1. The third kappa shape index (κ3) is 3.91. The summed E-state index contributed by atoms with van der Waals surface area (Å²) in [5, 5.41) is 19.8. The van der Waals surface area contributed by atoms with Crippen LogP contribution in [0, 0.1) is 0 Å². The number of nitrogen functional groups attached to an aromatic ring is 1. The minimum absolute atomic E-state index is 0.105. The number of aliphatic hydroxyl groups is 2. The lowest BCUT2D eigenvalue weighted by atomic mass is 10.1. The molecule has 1 aliphatic heterocycles. The highest BCUT2D eigenvalue weighted by Crippen LogP contribution is 2.35. The van der Waals surface area contributed by atoms with Crippen molar-refractivity contribution in [1.29, 1.82) is 0 Å². The summed E-state index contributed by atoms with van der Waals surface area (Å²) in [6.07, 6.45) is -14.2. The van der Waals surface area contributed by atoms with E-state index in [1.165, 1.54) is 0 Å². The highest BCUT2D eigenvalue weighted by molar-refractivity contribution is 6.33. The Morgan fingerprint density at radius 2 is 2.03 bits per heavy atom. The second-order valence-corrected chi connectivity index (χ2v) is 6.97. The lowest BCUT2D eigenvalue weighted by Gasteiger charge is -2.18. The van der Waals surface area contributed by atoms with E-state index in [0.717, 1.165) is 0 Å². The number of imidazole rings is 1. The summed E-state index contributed by atoms with van der Waals surface area (Å²) in [6.45, 7) is 0.741. The Kier molecular flexibility index (Phi) is 5.77. The molecule has 0 aliphatic carbocycles. The van der Waals surface area contributed by atoms with Crippen LogP contribution in [-0.4, -0.2) is 60.0 Å². The molecule has 3 heterocycles. The van der Waals surface area contributed by atoms with Crippen molar-refractivity contribution >= 4 is 28.7 Å². The van der Waals surface area contributed by atoms with Gasteiger partial charge in [-0.1, -0.05) is 18.5 Å². The minimum atomic E-state index is -4.57. The zero-order valence-corrected chi connectivity index (χ0v) is 15.7. The van der Waals surface area contributed by atoms with Gasteiger partial charge < -0.3 is 20.7 Å². The predicted octanol–water partition coefficient (Wildman–Crippen LogP) is 1.15. The molecule has 14 heteroatoms. The molecule has 1 fully saturated rings. The first-order valence-corrected chi connectivity index (χ1v) is 9.00. The first-order chi connectivity index (χ1) is 13.5. The van der Waals surface area contributed by atoms with Crippen LogP contribution in [0.25, 0.3) is 11.2 Å². The lowest BCUT2D eigenvalue weighted by molar-refractivity contribution is -0.136. The summed E-state index contributed by atoms with van der Waals surface area (Å²) in [5.74, 6) is -0.390. The number of alkyl halides is 4. The van der Waals surface area contributed by atoms with Gasteiger partial charge in [-0.15, -0.1) is 0 Å². The maximum Gasteiger partial charge on any atom is 0.390 e. The van der Waals surface area contributed by atoms with Crippen molar-refractivity contribution in [1.82, 2.24) is 19.1 Å². The van der Waals surface area contributed by atoms with Crippen LogP contribution in [0.1, 0.15) is 26.0 Å². The van der Waals surface area contributed by atoms with E-state index in [9.17, 15) is 32.6 Å². The molecule has 0 amide bonds. The number of hydrogen-bond acceptors (Lipinski definition) is 7. The summed E-state index contributed by atoms with van der Waals surface area (Å²) < 4.78 is 59.2. The van der Waals surface area contributed by atoms with Crippen molar-refractivity contribution in [3.8, 4) is 0 Å². The van der Waals surface area contributed by atoms with Gasteiger partial charge in [0.15, 0.2) is 23.2 Å². The van der Waals surface area contributed by atoms with E-state index >= 15 is 0 Å². The SMILES string of the molecule is CCC(O)[C@H]1O[C@@H](n2c(=O)n(CCC(F)(F)F)c3c(Cl)nc(N)nc32)[C@H](O)[C@H]1F. The number of nitrogens with zero attached hydrogens (tertiary/aromatic N) is 4. The molecule has 1 saturated heterocycles. The zero-order valence-electron chi connectivity index (χ0n) is 15.0. The maximum absolute atomic E-state index is 14.5. The van der Waals surface area contributed by atoms with Crippen LogP contribution >= 0.6 is 11.6 Å².